The highest BCUT2D eigenvalue weighted by molar-refractivity contribution is 5.78. The molecule has 0 saturated carbocycles. The van der Waals surface area contributed by atoms with Gasteiger partial charge in [0.25, 0.3) is 0 Å². The summed E-state index contributed by atoms with van der Waals surface area (Å²) in [6, 6.07) is 0. The van der Waals surface area contributed by atoms with Gasteiger partial charge in [0.05, 0.1) is 6.61 Å². The number of Topliss-reactive ketones (excluding diaryl/α,β-unsaturated/α-hetero) is 1. The van der Waals surface area contributed by atoms with E-state index in [9.17, 15) is 4.79 Å². The lowest BCUT2D eigenvalue weighted by Gasteiger charge is -2.10. The average molecular weight is 186 g/mol. The van der Waals surface area contributed by atoms with Crippen molar-refractivity contribution < 1.29 is 9.53 Å². The maximum absolute atomic E-state index is 11.4. The van der Waals surface area contributed by atoms with E-state index < -0.39 is 0 Å². The van der Waals surface area contributed by atoms with Crippen LogP contribution in [0.3, 0.4) is 0 Å². The fourth-order valence-corrected chi connectivity index (χ4v) is 1.33. The zero-order chi connectivity index (χ0) is 10.1. The molecule has 0 radical (unpaired) electrons. The smallest absolute Gasteiger partial charge is 0.135 e. The fraction of sp³-hybridized carbons (Fsp3) is 0.909. The molecule has 0 heterocycles. The van der Waals surface area contributed by atoms with Crippen LogP contribution in [0.25, 0.3) is 0 Å². The summed E-state index contributed by atoms with van der Waals surface area (Å²) in [6.45, 7) is 7.53. The first-order chi connectivity index (χ1) is 6.24. The summed E-state index contributed by atoms with van der Waals surface area (Å²) >= 11 is 0. The topological polar surface area (TPSA) is 26.3 Å². The second-order valence-electron chi connectivity index (χ2n) is 3.37. The largest absolute Gasteiger partial charge is 0.381 e. The van der Waals surface area contributed by atoms with Crippen LogP contribution in [0.5, 0.6) is 0 Å². The van der Waals surface area contributed by atoms with Gasteiger partial charge in [-0.2, -0.15) is 0 Å². The second kappa shape index (κ2) is 8.24. The molecule has 0 rings (SSSR count). The van der Waals surface area contributed by atoms with Crippen molar-refractivity contribution in [3.8, 4) is 0 Å². The van der Waals surface area contributed by atoms with E-state index in [2.05, 4.69) is 13.8 Å². The van der Waals surface area contributed by atoms with Gasteiger partial charge in [-0.05, 0) is 12.8 Å². The van der Waals surface area contributed by atoms with Gasteiger partial charge in [-0.15, -0.1) is 0 Å². The lowest BCUT2D eigenvalue weighted by atomic mass is 9.96. The van der Waals surface area contributed by atoms with Gasteiger partial charge in [0.1, 0.15) is 5.78 Å². The molecule has 0 atom stereocenters. The van der Waals surface area contributed by atoms with Crippen molar-refractivity contribution in [2.24, 2.45) is 5.92 Å². The third-order valence-corrected chi connectivity index (χ3v) is 2.40. The molecule has 0 aliphatic heterocycles. The van der Waals surface area contributed by atoms with Gasteiger partial charge >= 0.3 is 0 Å². The molecule has 0 aromatic heterocycles. The molecule has 0 spiro atoms. The molecule has 0 aliphatic rings. The first-order valence-corrected chi connectivity index (χ1v) is 5.33. The van der Waals surface area contributed by atoms with E-state index in [1.807, 2.05) is 6.92 Å². The third-order valence-electron chi connectivity index (χ3n) is 2.40. The number of hydrogen-bond donors (Lipinski definition) is 0. The Bertz CT molecular complexity index is 128. The molecule has 13 heavy (non-hydrogen) atoms. The van der Waals surface area contributed by atoms with Gasteiger partial charge in [0, 0.05) is 19.4 Å². The van der Waals surface area contributed by atoms with Crippen LogP contribution in [0.15, 0.2) is 0 Å². The molecule has 0 bridgehead atoms. The van der Waals surface area contributed by atoms with E-state index in [1.54, 1.807) is 0 Å². The molecule has 0 aliphatic carbocycles. The highest BCUT2D eigenvalue weighted by Gasteiger charge is 2.09. The van der Waals surface area contributed by atoms with Crippen LogP contribution in [0.4, 0.5) is 0 Å². The number of ketones is 1. The number of rotatable bonds is 8. The zero-order valence-electron chi connectivity index (χ0n) is 9.14. The number of carbonyl (C=O) groups excluding carboxylic acids is 1. The monoisotopic (exact) mass is 186 g/mol. The minimum absolute atomic E-state index is 0.349. The van der Waals surface area contributed by atoms with Gasteiger partial charge in [0.2, 0.25) is 0 Å². The van der Waals surface area contributed by atoms with Crippen LogP contribution < -0.4 is 0 Å². The first-order valence-electron chi connectivity index (χ1n) is 5.33. The first kappa shape index (κ1) is 12.6. The zero-order valence-corrected chi connectivity index (χ0v) is 9.14. The quantitative estimate of drug-likeness (QED) is 0.545. The predicted molar refractivity (Wildman–Crippen MR) is 54.8 cm³/mol. The maximum atomic E-state index is 11.4. The van der Waals surface area contributed by atoms with Crippen molar-refractivity contribution >= 4 is 5.78 Å². The van der Waals surface area contributed by atoms with E-state index in [4.69, 9.17) is 4.74 Å². The van der Waals surface area contributed by atoms with Crippen LogP contribution >= 0.6 is 0 Å². The lowest BCUT2D eigenvalue weighted by Crippen LogP contribution is -2.09. The van der Waals surface area contributed by atoms with E-state index in [0.717, 1.165) is 19.3 Å². The van der Waals surface area contributed by atoms with Crippen LogP contribution in [0.2, 0.25) is 0 Å². The Hall–Kier alpha value is -0.370. The highest BCUT2D eigenvalue weighted by atomic mass is 16.5. The Morgan fingerprint density at radius 3 is 2.31 bits per heavy atom. The summed E-state index contributed by atoms with van der Waals surface area (Å²) in [4.78, 5) is 11.4. The normalized spacial score (nSPS) is 10.8. The minimum Gasteiger partial charge on any atom is -0.381 e. The molecule has 0 unspecified atom stereocenters. The van der Waals surface area contributed by atoms with Crippen molar-refractivity contribution in [2.75, 3.05) is 13.2 Å². The van der Waals surface area contributed by atoms with Crippen LogP contribution in [0.1, 0.15) is 46.5 Å². The van der Waals surface area contributed by atoms with Gasteiger partial charge in [-0.25, -0.2) is 0 Å². The summed E-state index contributed by atoms with van der Waals surface area (Å²) < 4.78 is 5.13. The SMILES string of the molecule is CCOCCC(=O)CC(CC)CC. The standard InChI is InChI=1S/C11H22O2/c1-4-10(5-2)9-11(12)7-8-13-6-3/h10H,4-9H2,1-3H3. The Morgan fingerprint density at radius 1 is 1.23 bits per heavy atom. The summed E-state index contributed by atoms with van der Waals surface area (Å²) in [5, 5.41) is 0. The molecule has 0 saturated heterocycles. The van der Waals surface area contributed by atoms with Gasteiger partial charge in [0.15, 0.2) is 0 Å². The Morgan fingerprint density at radius 2 is 1.85 bits per heavy atom. The predicted octanol–water partition coefficient (Wildman–Crippen LogP) is 2.81. The molecule has 2 heteroatoms. The van der Waals surface area contributed by atoms with Crippen molar-refractivity contribution in [1.82, 2.24) is 0 Å². The van der Waals surface area contributed by atoms with Crippen LogP contribution in [-0.4, -0.2) is 19.0 Å². The number of carbonyl (C=O) groups is 1. The van der Waals surface area contributed by atoms with Gasteiger partial charge < -0.3 is 4.74 Å². The van der Waals surface area contributed by atoms with Crippen molar-refractivity contribution in [2.45, 2.75) is 46.5 Å². The van der Waals surface area contributed by atoms with Crippen LogP contribution in [-0.2, 0) is 9.53 Å². The Kier molecular flexibility index (Phi) is 8.00. The average Bonchev–Trinajstić information content (AvgIpc) is 2.14. The number of ether oxygens (including phenoxy) is 1. The highest BCUT2D eigenvalue weighted by Crippen LogP contribution is 2.13. The van der Waals surface area contributed by atoms with E-state index >= 15 is 0 Å². The molecule has 0 N–H and O–H groups in total. The molecular weight excluding hydrogens is 164 g/mol. The van der Waals surface area contributed by atoms with E-state index in [1.165, 1.54) is 0 Å². The number of hydrogen-bond acceptors (Lipinski definition) is 2. The van der Waals surface area contributed by atoms with E-state index in [-0.39, 0.29) is 0 Å². The van der Waals surface area contributed by atoms with Gasteiger partial charge in [-0.1, -0.05) is 26.7 Å². The van der Waals surface area contributed by atoms with Crippen molar-refractivity contribution in [1.29, 1.82) is 0 Å². The molecule has 0 amide bonds. The molecule has 78 valence electrons. The maximum Gasteiger partial charge on any atom is 0.135 e. The minimum atomic E-state index is 0.349. The summed E-state index contributed by atoms with van der Waals surface area (Å²) in [7, 11) is 0. The van der Waals surface area contributed by atoms with Crippen LogP contribution in [0, 0.1) is 5.92 Å². The Labute approximate surface area is 81.7 Å². The third kappa shape index (κ3) is 6.76. The fourth-order valence-electron chi connectivity index (χ4n) is 1.33. The summed E-state index contributed by atoms with van der Waals surface area (Å²) in [5.74, 6) is 0.927. The second-order valence-corrected chi connectivity index (χ2v) is 3.37. The summed E-state index contributed by atoms with van der Waals surface area (Å²) in [5.41, 5.74) is 0. The molecule has 0 aromatic rings. The van der Waals surface area contributed by atoms with Crippen molar-refractivity contribution in [3.63, 3.8) is 0 Å². The lowest BCUT2D eigenvalue weighted by molar-refractivity contribution is -0.121. The molecular formula is C11H22O2. The van der Waals surface area contributed by atoms with E-state index in [0.29, 0.717) is 31.3 Å². The van der Waals surface area contributed by atoms with Crippen molar-refractivity contribution in [3.05, 3.63) is 0 Å². The Balaban J connectivity index is 3.48. The summed E-state index contributed by atoms with van der Waals surface area (Å²) in [6.07, 6.45) is 3.54. The molecule has 2 nitrogen and oxygen atoms in total. The molecule has 0 fully saturated rings. The van der Waals surface area contributed by atoms with Gasteiger partial charge in [-0.3, -0.25) is 4.79 Å². The molecule has 0 aromatic carbocycles.